The molecule has 0 fully saturated rings. The van der Waals surface area contributed by atoms with Gasteiger partial charge in [-0.3, -0.25) is 0 Å². The van der Waals surface area contributed by atoms with Gasteiger partial charge in [-0.2, -0.15) is 0 Å². The molecule has 0 N–H and O–H groups in total. The third-order valence-corrected chi connectivity index (χ3v) is 3.79. The number of allylic oxidation sites excluding steroid dienone is 6. The van der Waals surface area contributed by atoms with E-state index in [2.05, 4.69) is 18.7 Å². The fraction of sp³-hybridized carbons (Fsp3) is 0.238. The van der Waals surface area contributed by atoms with Gasteiger partial charge in [0.25, 0.3) is 6.29 Å². The van der Waals surface area contributed by atoms with Crippen molar-refractivity contribution in [3.05, 3.63) is 96.5 Å². The first-order valence-corrected chi connectivity index (χ1v) is 8.19. The van der Waals surface area contributed by atoms with Crippen molar-refractivity contribution in [3.63, 3.8) is 0 Å². The zero-order valence-electron chi connectivity index (χ0n) is 13.6. The van der Waals surface area contributed by atoms with E-state index >= 15 is 0 Å². The Hall–Kier alpha value is -2.52. The Morgan fingerprint density at radius 3 is 2.08 bits per heavy atom. The van der Waals surface area contributed by atoms with E-state index in [4.69, 9.17) is 14.2 Å². The molecule has 0 saturated carbocycles. The Labute approximate surface area is 143 Å². The van der Waals surface area contributed by atoms with Crippen LogP contribution in [-0.4, -0.2) is 12.9 Å². The molecule has 24 heavy (non-hydrogen) atoms. The molecule has 1 aromatic rings. The molecule has 0 aromatic heterocycles. The molecule has 3 nitrogen and oxygen atoms in total. The molecule has 1 aromatic carbocycles. The topological polar surface area (TPSA) is 27.7 Å². The molecule has 0 bridgehead atoms. The van der Waals surface area contributed by atoms with Crippen LogP contribution in [0.15, 0.2) is 91.0 Å². The molecular weight excluding hydrogens is 300 g/mol. The summed E-state index contributed by atoms with van der Waals surface area (Å²) in [5.41, 5.74) is 1.06. The Kier molecular flexibility index (Phi) is 5.70. The first-order valence-electron chi connectivity index (χ1n) is 8.19. The maximum atomic E-state index is 6.00. The summed E-state index contributed by atoms with van der Waals surface area (Å²) in [7, 11) is 0. The first kappa shape index (κ1) is 16.3. The Balaban J connectivity index is 1.60. The van der Waals surface area contributed by atoms with Gasteiger partial charge in [0.05, 0.1) is 0 Å². The van der Waals surface area contributed by atoms with Crippen molar-refractivity contribution in [2.75, 3.05) is 6.61 Å². The van der Waals surface area contributed by atoms with Crippen LogP contribution in [0.2, 0.25) is 0 Å². The number of hydrogen-bond donors (Lipinski definition) is 0. The van der Waals surface area contributed by atoms with E-state index in [0.717, 1.165) is 29.9 Å². The molecule has 1 atom stereocenters. The normalized spacial score (nSPS) is 16.9. The molecule has 3 heteroatoms. The van der Waals surface area contributed by atoms with Crippen molar-refractivity contribution >= 4 is 0 Å². The third-order valence-electron chi connectivity index (χ3n) is 3.79. The molecule has 3 rings (SSSR count). The van der Waals surface area contributed by atoms with Gasteiger partial charge in [0.15, 0.2) is 0 Å². The Morgan fingerprint density at radius 2 is 1.58 bits per heavy atom. The second-order valence-corrected chi connectivity index (χ2v) is 5.60. The predicted octanol–water partition coefficient (Wildman–Crippen LogP) is 4.98. The lowest BCUT2D eigenvalue weighted by Crippen LogP contribution is -2.24. The summed E-state index contributed by atoms with van der Waals surface area (Å²) < 4.78 is 17.9. The van der Waals surface area contributed by atoms with Crippen LogP contribution in [0.4, 0.5) is 0 Å². The van der Waals surface area contributed by atoms with Gasteiger partial charge in [-0.25, -0.2) is 0 Å². The predicted molar refractivity (Wildman–Crippen MR) is 95.0 cm³/mol. The summed E-state index contributed by atoms with van der Waals surface area (Å²) in [5.74, 6) is 1.79. The lowest BCUT2D eigenvalue weighted by molar-refractivity contribution is -0.136. The molecular formula is C21H22O3. The standard InChI is InChI=1S/C21H22O3/c1-2-20(17-10-4-3-5-11-17)22-16-21(23-18-12-6-7-13-18)24-19-14-8-9-15-19/h2-12,14,20-21H,1,13,15-16H2. The van der Waals surface area contributed by atoms with E-state index in [0.29, 0.717) is 6.61 Å². The van der Waals surface area contributed by atoms with Crippen molar-refractivity contribution in [1.29, 1.82) is 0 Å². The summed E-state index contributed by atoms with van der Waals surface area (Å²) in [6, 6.07) is 10.0. The molecule has 0 aliphatic heterocycles. The molecule has 0 heterocycles. The van der Waals surface area contributed by atoms with Crippen LogP contribution in [0.5, 0.6) is 0 Å². The maximum Gasteiger partial charge on any atom is 0.263 e. The van der Waals surface area contributed by atoms with Crippen LogP contribution in [0.1, 0.15) is 24.5 Å². The largest absolute Gasteiger partial charge is 0.456 e. The fourth-order valence-corrected chi connectivity index (χ4v) is 2.59. The zero-order chi connectivity index (χ0) is 16.6. The van der Waals surface area contributed by atoms with E-state index in [1.54, 1.807) is 6.08 Å². The molecule has 1 unspecified atom stereocenters. The number of hydrogen-bond acceptors (Lipinski definition) is 3. The Morgan fingerprint density at radius 1 is 0.958 bits per heavy atom. The highest BCUT2D eigenvalue weighted by molar-refractivity contribution is 5.21. The highest BCUT2D eigenvalue weighted by atomic mass is 16.7. The number of rotatable bonds is 9. The lowest BCUT2D eigenvalue weighted by Gasteiger charge is -2.24. The molecule has 0 spiro atoms. The summed E-state index contributed by atoms with van der Waals surface area (Å²) >= 11 is 0. The van der Waals surface area contributed by atoms with Gasteiger partial charge in [-0.05, 0) is 17.7 Å². The van der Waals surface area contributed by atoms with Gasteiger partial charge in [-0.1, -0.05) is 60.7 Å². The maximum absolute atomic E-state index is 6.00. The van der Waals surface area contributed by atoms with E-state index in [1.807, 2.05) is 54.6 Å². The lowest BCUT2D eigenvalue weighted by atomic mass is 10.1. The van der Waals surface area contributed by atoms with Crippen LogP contribution in [0.3, 0.4) is 0 Å². The van der Waals surface area contributed by atoms with Crippen LogP contribution in [0.25, 0.3) is 0 Å². The number of ether oxygens (including phenoxy) is 3. The molecule has 2 aliphatic carbocycles. The smallest absolute Gasteiger partial charge is 0.263 e. The van der Waals surface area contributed by atoms with E-state index in [9.17, 15) is 0 Å². The van der Waals surface area contributed by atoms with E-state index < -0.39 is 6.29 Å². The van der Waals surface area contributed by atoms with Crippen LogP contribution >= 0.6 is 0 Å². The minimum atomic E-state index is -0.478. The van der Waals surface area contributed by atoms with Gasteiger partial charge in [0.1, 0.15) is 24.2 Å². The first-order chi connectivity index (χ1) is 11.8. The summed E-state index contributed by atoms with van der Waals surface area (Å²) in [6.45, 7) is 4.19. The average molecular weight is 322 g/mol. The molecule has 0 radical (unpaired) electrons. The van der Waals surface area contributed by atoms with Gasteiger partial charge in [-0.15, -0.1) is 6.58 Å². The number of benzene rings is 1. The summed E-state index contributed by atoms with van der Waals surface area (Å²) in [4.78, 5) is 0. The zero-order valence-corrected chi connectivity index (χ0v) is 13.6. The molecule has 124 valence electrons. The van der Waals surface area contributed by atoms with Gasteiger partial charge in [0, 0.05) is 12.8 Å². The van der Waals surface area contributed by atoms with E-state index in [-0.39, 0.29) is 6.10 Å². The van der Waals surface area contributed by atoms with Crippen molar-refractivity contribution in [2.45, 2.75) is 25.2 Å². The van der Waals surface area contributed by atoms with Crippen molar-refractivity contribution < 1.29 is 14.2 Å². The van der Waals surface area contributed by atoms with Crippen LogP contribution < -0.4 is 0 Å². The SMILES string of the molecule is C=CC(OCC(OC1=CC=CC1)OC1=CC=CC1)c1ccccc1. The Bertz CT molecular complexity index is 636. The van der Waals surface area contributed by atoms with Gasteiger partial charge < -0.3 is 14.2 Å². The average Bonchev–Trinajstić information content (AvgIpc) is 3.30. The highest BCUT2D eigenvalue weighted by Crippen LogP contribution is 2.23. The molecule has 0 saturated heterocycles. The van der Waals surface area contributed by atoms with Crippen LogP contribution in [0, 0.1) is 0 Å². The minimum absolute atomic E-state index is 0.188. The van der Waals surface area contributed by atoms with Crippen molar-refractivity contribution in [1.82, 2.24) is 0 Å². The molecule has 2 aliphatic rings. The second-order valence-electron chi connectivity index (χ2n) is 5.60. The minimum Gasteiger partial charge on any atom is -0.456 e. The van der Waals surface area contributed by atoms with Crippen LogP contribution in [-0.2, 0) is 14.2 Å². The summed E-state index contributed by atoms with van der Waals surface area (Å²) in [5, 5.41) is 0. The van der Waals surface area contributed by atoms with Crippen molar-refractivity contribution in [2.24, 2.45) is 0 Å². The van der Waals surface area contributed by atoms with Gasteiger partial charge in [0.2, 0.25) is 0 Å². The fourth-order valence-electron chi connectivity index (χ4n) is 2.59. The van der Waals surface area contributed by atoms with Crippen molar-refractivity contribution in [3.8, 4) is 0 Å². The van der Waals surface area contributed by atoms with E-state index in [1.165, 1.54) is 0 Å². The highest BCUT2D eigenvalue weighted by Gasteiger charge is 2.19. The monoisotopic (exact) mass is 322 g/mol. The molecule has 0 amide bonds. The third kappa shape index (κ3) is 4.49. The van der Waals surface area contributed by atoms with Gasteiger partial charge >= 0.3 is 0 Å². The summed E-state index contributed by atoms with van der Waals surface area (Å²) in [6.07, 6.45) is 14.7. The second kappa shape index (κ2) is 8.37. The quantitative estimate of drug-likeness (QED) is 0.474.